The highest BCUT2D eigenvalue weighted by molar-refractivity contribution is 7.99. The molecule has 0 fully saturated rings. The van der Waals surface area contributed by atoms with Crippen LogP contribution in [-0.2, 0) is 5.75 Å². The van der Waals surface area contributed by atoms with Gasteiger partial charge in [0.15, 0.2) is 0 Å². The summed E-state index contributed by atoms with van der Waals surface area (Å²) in [5, 5.41) is 0.568. The zero-order valence-electron chi connectivity index (χ0n) is 5.74. The number of hydrogen-bond acceptors (Lipinski definition) is 3. The van der Waals surface area contributed by atoms with E-state index in [9.17, 15) is 0 Å². The van der Waals surface area contributed by atoms with Gasteiger partial charge in [-0.05, 0) is 6.92 Å². The van der Waals surface area contributed by atoms with Gasteiger partial charge in [-0.2, -0.15) is 0 Å². The van der Waals surface area contributed by atoms with E-state index in [1.54, 1.807) is 6.33 Å². The third kappa shape index (κ3) is 0.814. The summed E-state index contributed by atoms with van der Waals surface area (Å²) in [4.78, 5) is 8.17. The second-order valence-corrected chi connectivity index (χ2v) is 3.72. The van der Waals surface area contributed by atoms with Crippen LogP contribution in [0, 0.1) is 0 Å². The minimum atomic E-state index is 0.568. The molecule has 0 aliphatic carbocycles. The maximum Gasteiger partial charge on any atom is 0.115 e. The van der Waals surface area contributed by atoms with E-state index in [0.29, 0.717) is 5.25 Å². The van der Waals surface area contributed by atoms with Gasteiger partial charge in [0.05, 0.1) is 5.69 Å². The second kappa shape index (κ2) is 2.23. The van der Waals surface area contributed by atoms with Crippen molar-refractivity contribution in [1.82, 2.24) is 9.97 Å². The van der Waals surface area contributed by atoms with Crippen molar-refractivity contribution in [2.45, 2.75) is 17.9 Å². The zero-order chi connectivity index (χ0) is 6.97. The lowest BCUT2D eigenvalue weighted by Crippen LogP contribution is -1.90. The predicted octanol–water partition coefficient (Wildman–Crippen LogP) is 1.78. The van der Waals surface area contributed by atoms with E-state index in [1.165, 1.54) is 11.3 Å². The molecule has 3 heteroatoms. The van der Waals surface area contributed by atoms with Crippen molar-refractivity contribution in [3.05, 3.63) is 23.8 Å². The molecule has 2 heterocycles. The van der Waals surface area contributed by atoms with Crippen molar-refractivity contribution >= 4 is 11.8 Å². The first-order valence-corrected chi connectivity index (χ1v) is 4.33. The van der Waals surface area contributed by atoms with Gasteiger partial charge >= 0.3 is 0 Å². The van der Waals surface area contributed by atoms with Gasteiger partial charge in [0, 0.05) is 22.8 Å². The molecular weight excluding hydrogens is 144 g/mol. The number of thioether (sulfide) groups is 1. The molecule has 1 unspecified atom stereocenters. The molecule has 1 aliphatic heterocycles. The summed E-state index contributed by atoms with van der Waals surface area (Å²) in [6.45, 7) is 2.18. The Morgan fingerprint density at radius 2 is 2.60 bits per heavy atom. The number of fused-ring (bicyclic) bond motifs is 1. The topological polar surface area (TPSA) is 25.8 Å². The van der Waals surface area contributed by atoms with Crippen LogP contribution in [0.25, 0.3) is 0 Å². The standard InChI is InChI=1S/C7H8N2S/c1-5-7-6(3-10-5)2-8-4-9-7/h2,4-5H,3H2,1H3. The first kappa shape index (κ1) is 6.16. The van der Waals surface area contributed by atoms with Crippen molar-refractivity contribution in [2.75, 3.05) is 0 Å². The van der Waals surface area contributed by atoms with Gasteiger partial charge in [-0.15, -0.1) is 11.8 Å². The van der Waals surface area contributed by atoms with Gasteiger partial charge in [-0.1, -0.05) is 0 Å². The van der Waals surface area contributed by atoms with E-state index in [0.717, 1.165) is 5.75 Å². The fraction of sp³-hybridized carbons (Fsp3) is 0.429. The summed E-state index contributed by atoms with van der Waals surface area (Å²) in [5.41, 5.74) is 2.53. The van der Waals surface area contributed by atoms with E-state index in [4.69, 9.17) is 0 Å². The van der Waals surface area contributed by atoms with Gasteiger partial charge in [0.2, 0.25) is 0 Å². The lowest BCUT2D eigenvalue weighted by Gasteiger charge is -1.98. The molecule has 0 aromatic carbocycles. The van der Waals surface area contributed by atoms with E-state index < -0.39 is 0 Å². The molecule has 0 amide bonds. The van der Waals surface area contributed by atoms with Crippen molar-refractivity contribution < 1.29 is 0 Å². The molecular formula is C7H8N2S. The van der Waals surface area contributed by atoms with Crippen molar-refractivity contribution in [3.8, 4) is 0 Å². The average molecular weight is 152 g/mol. The first-order chi connectivity index (χ1) is 4.88. The molecule has 1 aliphatic rings. The van der Waals surface area contributed by atoms with Crippen LogP contribution >= 0.6 is 11.8 Å². The van der Waals surface area contributed by atoms with Crippen LogP contribution in [0.1, 0.15) is 23.4 Å². The Kier molecular flexibility index (Phi) is 1.38. The highest BCUT2D eigenvalue weighted by Crippen LogP contribution is 2.38. The maximum atomic E-state index is 4.21. The van der Waals surface area contributed by atoms with E-state index in [-0.39, 0.29) is 0 Å². The average Bonchev–Trinajstić information content (AvgIpc) is 2.34. The Hall–Kier alpha value is -0.570. The van der Waals surface area contributed by atoms with Gasteiger partial charge in [-0.25, -0.2) is 9.97 Å². The zero-order valence-corrected chi connectivity index (χ0v) is 6.56. The maximum absolute atomic E-state index is 4.21. The van der Waals surface area contributed by atoms with Gasteiger partial charge in [0.25, 0.3) is 0 Å². The summed E-state index contributed by atoms with van der Waals surface area (Å²) in [6, 6.07) is 0. The lowest BCUT2D eigenvalue weighted by molar-refractivity contribution is 0.975. The Balaban J connectivity index is 2.51. The third-order valence-corrected chi connectivity index (χ3v) is 2.90. The number of hydrogen-bond donors (Lipinski definition) is 0. The number of rotatable bonds is 0. The molecule has 1 aromatic rings. The van der Waals surface area contributed by atoms with Crippen LogP contribution in [0.2, 0.25) is 0 Å². The summed E-state index contributed by atoms with van der Waals surface area (Å²) in [7, 11) is 0. The normalized spacial score (nSPS) is 22.7. The lowest BCUT2D eigenvalue weighted by atomic mass is 10.2. The van der Waals surface area contributed by atoms with Crippen LogP contribution in [-0.4, -0.2) is 9.97 Å². The Morgan fingerprint density at radius 3 is 3.40 bits per heavy atom. The van der Waals surface area contributed by atoms with E-state index >= 15 is 0 Å². The SMILES string of the molecule is CC1SCc2cncnc21. The molecule has 0 N–H and O–H groups in total. The number of nitrogens with zero attached hydrogens (tertiary/aromatic N) is 2. The molecule has 2 rings (SSSR count). The molecule has 10 heavy (non-hydrogen) atoms. The predicted molar refractivity (Wildman–Crippen MR) is 41.7 cm³/mol. The van der Waals surface area contributed by atoms with Crippen molar-refractivity contribution in [2.24, 2.45) is 0 Å². The molecule has 0 spiro atoms. The minimum Gasteiger partial charge on any atom is -0.244 e. The van der Waals surface area contributed by atoms with Crippen LogP contribution in [0.4, 0.5) is 0 Å². The van der Waals surface area contributed by atoms with Gasteiger partial charge in [-0.3, -0.25) is 0 Å². The van der Waals surface area contributed by atoms with Crippen molar-refractivity contribution in [3.63, 3.8) is 0 Å². The molecule has 52 valence electrons. The molecule has 0 bridgehead atoms. The van der Waals surface area contributed by atoms with E-state index in [2.05, 4.69) is 16.9 Å². The fourth-order valence-electron chi connectivity index (χ4n) is 1.14. The monoisotopic (exact) mass is 152 g/mol. The van der Waals surface area contributed by atoms with Crippen LogP contribution < -0.4 is 0 Å². The Labute approximate surface area is 64.1 Å². The van der Waals surface area contributed by atoms with Crippen LogP contribution in [0.3, 0.4) is 0 Å². The van der Waals surface area contributed by atoms with Gasteiger partial charge in [0.1, 0.15) is 6.33 Å². The highest BCUT2D eigenvalue weighted by atomic mass is 32.2. The molecule has 2 nitrogen and oxygen atoms in total. The summed E-state index contributed by atoms with van der Waals surface area (Å²) >= 11 is 1.92. The first-order valence-electron chi connectivity index (χ1n) is 3.28. The quantitative estimate of drug-likeness (QED) is 0.566. The molecule has 1 aromatic heterocycles. The molecule has 0 radical (unpaired) electrons. The number of aromatic nitrogens is 2. The highest BCUT2D eigenvalue weighted by Gasteiger charge is 2.19. The van der Waals surface area contributed by atoms with Gasteiger partial charge < -0.3 is 0 Å². The Bertz CT molecular complexity index is 249. The third-order valence-electron chi connectivity index (χ3n) is 1.70. The molecule has 1 atom stereocenters. The summed E-state index contributed by atoms with van der Waals surface area (Å²) < 4.78 is 0. The van der Waals surface area contributed by atoms with Crippen LogP contribution in [0.15, 0.2) is 12.5 Å². The minimum absolute atomic E-state index is 0.568. The summed E-state index contributed by atoms with van der Waals surface area (Å²) in [5.74, 6) is 1.08. The largest absolute Gasteiger partial charge is 0.244 e. The Morgan fingerprint density at radius 1 is 1.70 bits per heavy atom. The fourth-order valence-corrected chi connectivity index (χ4v) is 2.16. The summed E-state index contributed by atoms with van der Waals surface area (Å²) in [6.07, 6.45) is 3.54. The van der Waals surface area contributed by atoms with E-state index in [1.807, 2.05) is 18.0 Å². The molecule has 0 saturated carbocycles. The van der Waals surface area contributed by atoms with Crippen molar-refractivity contribution in [1.29, 1.82) is 0 Å². The van der Waals surface area contributed by atoms with Crippen LogP contribution in [0.5, 0.6) is 0 Å². The second-order valence-electron chi connectivity index (χ2n) is 2.39. The smallest absolute Gasteiger partial charge is 0.115 e. The molecule has 0 saturated heterocycles.